The third-order valence-electron chi connectivity index (χ3n) is 2.75. The maximum atomic E-state index is 10.6. The lowest BCUT2D eigenvalue weighted by atomic mass is 10.1. The number of rotatable bonds is 5. The SMILES string of the molecule is COc1cccc(CC2OCC(CC(=O)O)O2)c1. The second-order valence-corrected chi connectivity index (χ2v) is 4.17. The van der Waals surface area contributed by atoms with Gasteiger partial charge in [0.05, 0.1) is 26.2 Å². The van der Waals surface area contributed by atoms with Gasteiger partial charge in [-0.3, -0.25) is 4.79 Å². The van der Waals surface area contributed by atoms with Crippen molar-refractivity contribution < 1.29 is 24.1 Å². The van der Waals surface area contributed by atoms with Crippen LogP contribution < -0.4 is 4.74 Å². The Balaban J connectivity index is 1.88. The Morgan fingerprint density at radius 1 is 1.56 bits per heavy atom. The van der Waals surface area contributed by atoms with Crippen LogP contribution in [0.1, 0.15) is 12.0 Å². The minimum Gasteiger partial charge on any atom is -0.497 e. The standard InChI is InChI=1S/C13H16O5/c1-16-10-4-2-3-9(5-10)6-13-17-8-11(18-13)7-12(14)15/h2-5,11,13H,6-8H2,1H3,(H,14,15). The minimum atomic E-state index is -0.870. The quantitative estimate of drug-likeness (QED) is 0.859. The molecule has 0 aliphatic carbocycles. The summed E-state index contributed by atoms with van der Waals surface area (Å²) in [6.45, 7) is 0.334. The average Bonchev–Trinajstić information content (AvgIpc) is 2.76. The van der Waals surface area contributed by atoms with Crippen molar-refractivity contribution in [2.75, 3.05) is 13.7 Å². The van der Waals surface area contributed by atoms with Gasteiger partial charge in [-0.25, -0.2) is 0 Å². The highest BCUT2D eigenvalue weighted by Crippen LogP contribution is 2.20. The van der Waals surface area contributed by atoms with E-state index in [0.29, 0.717) is 13.0 Å². The summed E-state index contributed by atoms with van der Waals surface area (Å²) in [7, 11) is 1.62. The molecule has 1 aliphatic heterocycles. The lowest BCUT2D eigenvalue weighted by Gasteiger charge is -2.11. The van der Waals surface area contributed by atoms with Crippen LogP contribution in [-0.4, -0.2) is 37.2 Å². The Bertz CT molecular complexity index is 418. The van der Waals surface area contributed by atoms with Crippen LogP contribution in [-0.2, 0) is 20.7 Å². The third-order valence-corrected chi connectivity index (χ3v) is 2.75. The van der Waals surface area contributed by atoms with Gasteiger partial charge in [-0.05, 0) is 17.7 Å². The molecule has 1 heterocycles. The first kappa shape index (κ1) is 12.9. The normalized spacial score (nSPS) is 22.9. The first-order chi connectivity index (χ1) is 8.67. The van der Waals surface area contributed by atoms with E-state index in [0.717, 1.165) is 11.3 Å². The van der Waals surface area contributed by atoms with E-state index in [-0.39, 0.29) is 18.8 Å². The summed E-state index contributed by atoms with van der Waals surface area (Å²) in [6.07, 6.45) is -0.151. The van der Waals surface area contributed by atoms with E-state index in [1.54, 1.807) is 7.11 Å². The smallest absolute Gasteiger partial charge is 0.306 e. The molecule has 1 aromatic rings. The molecule has 1 saturated heterocycles. The summed E-state index contributed by atoms with van der Waals surface area (Å²) in [4.78, 5) is 10.6. The fourth-order valence-electron chi connectivity index (χ4n) is 1.91. The molecular weight excluding hydrogens is 236 g/mol. The molecule has 18 heavy (non-hydrogen) atoms. The van der Waals surface area contributed by atoms with E-state index in [9.17, 15) is 4.79 Å². The Morgan fingerprint density at radius 3 is 3.11 bits per heavy atom. The van der Waals surface area contributed by atoms with Gasteiger partial charge >= 0.3 is 5.97 Å². The van der Waals surface area contributed by atoms with Crippen LogP contribution in [0.25, 0.3) is 0 Å². The number of aliphatic carboxylic acids is 1. The topological polar surface area (TPSA) is 65.0 Å². The highest BCUT2D eigenvalue weighted by molar-refractivity contribution is 5.67. The molecule has 0 spiro atoms. The van der Waals surface area contributed by atoms with Crippen LogP contribution in [0.5, 0.6) is 5.75 Å². The zero-order valence-electron chi connectivity index (χ0n) is 10.2. The summed E-state index contributed by atoms with van der Waals surface area (Å²) >= 11 is 0. The molecule has 0 radical (unpaired) electrons. The number of ether oxygens (including phenoxy) is 3. The summed E-state index contributed by atoms with van der Waals surface area (Å²) in [5, 5.41) is 8.67. The molecule has 5 nitrogen and oxygen atoms in total. The molecule has 1 N–H and O–H groups in total. The van der Waals surface area contributed by atoms with Crippen LogP contribution in [0.3, 0.4) is 0 Å². The minimum absolute atomic E-state index is 0.0192. The van der Waals surface area contributed by atoms with E-state index >= 15 is 0 Å². The molecule has 5 heteroatoms. The van der Waals surface area contributed by atoms with Crippen molar-refractivity contribution in [3.63, 3.8) is 0 Å². The molecular formula is C13H16O5. The summed E-state index contributed by atoms with van der Waals surface area (Å²) in [5.74, 6) is -0.0850. The molecule has 98 valence electrons. The average molecular weight is 252 g/mol. The molecule has 1 aromatic carbocycles. The number of carbonyl (C=O) groups is 1. The summed E-state index contributed by atoms with van der Waals surface area (Å²) < 4.78 is 16.1. The Hall–Kier alpha value is -1.59. The molecule has 0 aromatic heterocycles. The Labute approximate surface area is 105 Å². The van der Waals surface area contributed by atoms with E-state index in [1.807, 2.05) is 24.3 Å². The van der Waals surface area contributed by atoms with E-state index in [2.05, 4.69) is 0 Å². The van der Waals surface area contributed by atoms with Crippen molar-refractivity contribution in [1.82, 2.24) is 0 Å². The van der Waals surface area contributed by atoms with E-state index in [4.69, 9.17) is 19.3 Å². The van der Waals surface area contributed by atoms with Gasteiger partial charge in [0.2, 0.25) is 0 Å². The number of hydrogen-bond donors (Lipinski definition) is 1. The van der Waals surface area contributed by atoms with Gasteiger partial charge in [0.1, 0.15) is 5.75 Å². The zero-order chi connectivity index (χ0) is 13.0. The number of hydrogen-bond acceptors (Lipinski definition) is 4. The van der Waals surface area contributed by atoms with Gasteiger partial charge in [-0.15, -0.1) is 0 Å². The van der Waals surface area contributed by atoms with Crippen molar-refractivity contribution in [1.29, 1.82) is 0 Å². The van der Waals surface area contributed by atoms with Crippen molar-refractivity contribution in [2.45, 2.75) is 25.2 Å². The fourth-order valence-corrected chi connectivity index (χ4v) is 1.91. The van der Waals surface area contributed by atoms with Gasteiger partial charge in [0.25, 0.3) is 0 Å². The van der Waals surface area contributed by atoms with Gasteiger partial charge < -0.3 is 19.3 Å². The maximum absolute atomic E-state index is 10.6. The third kappa shape index (κ3) is 3.45. The summed E-state index contributed by atoms with van der Waals surface area (Å²) in [6, 6.07) is 7.64. The van der Waals surface area contributed by atoms with Crippen molar-refractivity contribution in [3.05, 3.63) is 29.8 Å². The first-order valence-electron chi connectivity index (χ1n) is 5.79. The lowest BCUT2D eigenvalue weighted by molar-refractivity contribution is -0.140. The molecule has 2 rings (SSSR count). The molecule has 0 saturated carbocycles. The van der Waals surface area contributed by atoms with E-state index in [1.165, 1.54) is 0 Å². The molecule has 0 amide bonds. The monoisotopic (exact) mass is 252 g/mol. The predicted molar refractivity (Wildman–Crippen MR) is 63.6 cm³/mol. The Kier molecular flexibility index (Phi) is 4.17. The van der Waals surface area contributed by atoms with Gasteiger partial charge in [-0.2, -0.15) is 0 Å². The number of benzene rings is 1. The highest BCUT2D eigenvalue weighted by Gasteiger charge is 2.27. The van der Waals surface area contributed by atoms with Gasteiger partial charge in [-0.1, -0.05) is 12.1 Å². The lowest BCUT2D eigenvalue weighted by Crippen LogP contribution is -2.17. The maximum Gasteiger partial charge on any atom is 0.306 e. The van der Waals surface area contributed by atoms with Crippen molar-refractivity contribution in [2.24, 2.45) is 0 Å². The van der Waals surface area contributed by atoms with Gasteiger partial charge in [0, 0.05) is 6.42 Å². The second-order valence-electron chi connectivity index (χ2n) is 4.17. The van der Waals surface area contributed by atoms with E-state index < -0.39 is 5.97 Å². The fraction of sp³-hybridized carbons (Fsp3) is 0.462. The number of carboxylic acid groups (broad SMARTS) is 1. The largest absolute Gasteiger partial charge is 0.497 e. The first-order valence-corrected chi connectivity index (χ1v) is 5.79. The van der Waals surface area contributed by atoms with Crippen LogP contribution in [0.15, 0.2) is 24.3 Å². The summed E-state index contributed by atoms with van der Waals surface area (Å²) in [5.41, 5.74) is 1.04. The molecule has 2 atom stereocenters. The molecule has 1 aliphatic rings. The molecule has 2 unspecified atom stereocenters. The zero-order valence-corrected chi connectivity index (χ0v) is 10.2. The Morgan fingerprint density at radius 2 is 2.39 bits per heavy atom. The second kappa shape index (κ2) is 5.84. The van der Waals surface area contributed by atoms with Crippen LogP contribution in [0.4, 0.5) is 0 Å². The predicted octanol–water partition coefficient (Wildman–Crippen LogP) is 1.45. The van der Waals surface area contributed by atoms with Crippen molar-refractivity contribution in [3.8, 4) is 5.75 Å². The molecule has 0 bridgehead atoms. The van der Waals surface area contributed by atoms with Gasteiger partial charge in [0.15, 0.2) is 6.29 Å². The highest BCUT2D eigenvalue weighted by atomic mass is 16.7. The van der Waals surface area contributed by atoms with Crippen LogP contribution in [0, 0.1) is 0 Å². The van der Waals surface area contributed by atoms with Crippen LogP contribution in [0.2, 0.25) is 0 Å². The number of methoxy groups -OCH3 is 1. The van der Waals surface area contributed by atoms with Crippen molar-refractivity contribution >= 4 is 5.97 Å². The number of carboxylic acids is 1. The van der Waals surface area contributed by atoms with Crippen LogP contribution >= 0.6 is 0 Å². The molecule has 1 fully saturated rings.